The molecule has 3 heterocycles. The second-order valence-corrected chi connectivity index (χ2v) is 10.1. The first kappa shape index (κ1) is 26.1. The normalized spacial score (nSPS) is 15.3. The van der Waals surface area contributed by atoms with Crippen LogP contribution in [-0.2, 0) is 32.0 Å². The van der Waals surface area contributed by atoms with E-state index in [9.17, 15) is 13.2 Å². The quantitative estimate of drug-likeness (QED) is 0.307. The van der Waals surface area contributed by atoms with Crippen LogP contribution in [0.3, 0.4) is 0 Å². The molecule has 5 rings (SSSR count). The van der Waals surface area contributed by atoms with Gasteiger partial charge < -0.3 is 4.90 Å². The van der Waals surface area contributed by atoms with Crippen molar-refractivity contribution in [2.45, 2.75) is 32.0 Å². The molecule has 8 heteroatoms. The number of hydrogen-bond donors (Lipinski definition) is 0. The zero-order chi connectivity index (χ0) is 26.7. The summed E-state index contributed by atoms with van der Waals surface area (Å²) in [5, 5.41) is 4.37. The predicted molar refractivity (Wildman–Crippen MR) is 144 cm³/mol. The number of aryl methyl sites for hydroxylation is 2. The highest BCUT2D eigenvalue weighted by Gasteiger charge is 2.34. The molecule has 1 aliphatic rings. The van der Waals surface area contributed by atoms with Gasteiger partial charge in [-0.15, -0.1) is 0 Å². The number of piperazine rings is 1. The van der Waals surface area contributed by atoms with Gasteiger partial charge in [-0.1, -0.05) is 43.0 Å². The lowest BCUT2D eigenvalue weighted by atomic mass is 9.94. The molecule has 1 fully saturated rings. The molecular formula is C30H32F3N5. The van der Waals surface area contributed by atoms with E-state index in [0.29, 0.717) is 24.1 Å². The maximum absolute atomic E-state index is 14.0. The van der Waals surface area contributed by atoms with Crippen molar-refractivity contribution < 1.29 is 13.2 Å². The van der Waals surface area contributed by atoms with Gasteiger partial charge in [0, 0.05) is 38.9 Å². The largest absolute Gasteiger partial charge is 0.416 e. The smallest absolute Gasteiger partial charge is 0.304 e. The van der Waals surface area contributed by atoms with Crippen molar-refractivity contribution in [1.29, 1.82) is 0 Å². The van der Waals surface area contributed by atoms with Gasteiger partial charge >= 0.3 is 6.18 Å². The Morgan fingerprint density at radius 1 is 0.947 bits per heavy atom. The number of halogens is 3. The number of alkyl halides is 3. The zero-order valence-electron chi connectivity index (χ0n) is 21.6. The van der Waals surface area contributed by atoms with E-state index in [-0.39, 0.29) is 0 Å². The fourth-order valence-electron chi connectivity index (χ4n) is 5.00. The molecule has 0 saturated carbocycles. The molecule has 2 aromatic carbocycles. The van der Waals surface area contributed by atoms with Gasteiger partial charge in [-0.3, -0.25) is 4.90 Å². The molecule has 198 valence electrons. The molecule has 1 aliphatic heterocycles. The molecule has 38 heavy (non-hydrogen) atoms. The summed E-state index contributed by atoms with van der Waals surface area (Å²) in [5.41, 5.74) is 5.12. The number of hydrogen-bond acceptors (Lipinski definition) is 4. The number of aromatic nitrogens is 3. The Bertz CT molecular complexity index is 1420. The molecule has 5 nitrogen and oxygen atoms in total. The monoisotopic (exact) mass is 519 g/mol. The van der Waals surface area contributed by atoms with Gasteiger partial charge in [0.1, 0.15) is 0 Å². The minimum Gasteiger partial charge on any atom is -0.304 e. The average Bonchev–Trinajstić information content (AvgIpc) is 3.32. The van der Waals surface area contributed by atoms with Crippen molar-refractivity contribution in [3.63, 3.8) is 0 Å². The molecule has 0 amide bonds. The number of rotatable bonds is 8. The Labute approximate surface area is 221 Å². The maximum Gasteiger partial charge on any atom is 0.416 e. The van der Waals surface area contributed by atoms with Crippen LogP contribution in [0, 0.1) is 0 Å². The van der Waals surface area contributed by atoms with E-state index in [1.807, 2.05) is 48.1 Å². The van der Waals surface area contributed by atoms with Gasteiger partial charge in [0.15, 0.2) is 5.65 Å². The molecule has 1 saturated heterocycles. The predicted octanol–water partition coefficient (Wildman–Crippen LogP) is 5.54. The highest BCUT2D eigenvalue weighted by atomic mass is 19.4. The van der Waals surface area contributed by atoms with E-state index in [1.54, 1.807) is 12.3 Å². The van der Waals surface area contributed by atoms with Crippen LogP contribution in [0.25, 0.3) is 11.2 Å². The van der Waals surface area contributed by atoms with Crippen molar-refractivity contribution in [2.75, 3.05) is 33.2 Å². The van der Waals surface area contributed by atoms with E-state index in [1.165, 1.54) is 6.07 Å². The number of fused-ring (bicyclic) bond motifs is 1. The van der Waals surface area contributed by atoms with Crippen LogP contribution in [0.5, 0.6) is 0 Å². The minimum atomic E-state index is -4.40. The number of benzene rings is 2. The van der Waals surface area contributed by atoms with Crippen molar-refractivity contribution in [2.24, 2.45) is 0 Å². The van der Waals surface area contributed by atoms with Crippen LogP contribution in [-0.4, -0.2) is 57.6 Å². The van der Waals surface area contributed by atoms with Gasteiger partial charge in [0.05, 0.1) is 17.5 Å². The summed E-state index contributed by atoms with van der Waals surface area (Å²) in [6.45, 7) is 7.81. The summed E-state index contributed by atoms with van der Waals surface area (Å²) in [4.78, 5) is 8.68. The Morgan fingerprint density at radius 2 is 1.76 bits per heavy atom. The van der Waals surface area contributed by atoms with Crippen LogP contribution < -0.4 is 0 Å². The summed E-state index contributed by atoms with van der Waals surface area (Å²) >= 11 is 0. The fourth-order valence-corrected chi connectivity index (χ4v) is 5.00. The minimum absolute atomic E-state index is 0.313. The van der Waals surface area contributed by atoms with E-state index in [0.717, 1.165) is 67.1 Å². The first-order chi connectivity index (χ1) is 18.3. The summed E-state index contributed by atoms with van der Waals surface area (Å²) in [6.07, 6.45) is 1.12. The van der Waals surface area contributed by atoms with Crippen molar-refractivity contribution in [1.82, 2.24) is 24.4 Å². The standard InChI is InChI=1S/C30H32F3N5/c1-22(25-6-3-5-23(18-25)9-11-27-20-34-29-7-4-12-35-38(27)29)17-24-8-10-26(28(19-24)30(31,32)33)21-37-15-13-36(2)14-16-37/h3-8,10,12,18-20H,1,9,11,13-17,21H2,2H3. The number of nitrogens with zero attached hydrogens (tertiary/aromatic N) is 5. The summed E-state index contributed by atoms with van der Waals surface area (Å²) in [5.74, 6) is 0. The van der Waals surface area contributed by atoms with E-state index < -0.39 is 11.7 Å². The topological polar surface area (TPSA) is 36.7 Å². The number of allylic oxidation sites excluding steroid dienone is 1. The molecule has 0 unspecified atom stereocenters. The first-order valence-electron chi connectivity index (χ1n) is 12.9. The van der Waals surface area contributed by atoms with Crippen LogP contribution in [0.1, 0.15) is 33.5 Å². The average molecular weight is 520 g/mol. The molecule has 0 N–H and O–H groups in total. The van der Waals surface area contributed by atoms with Crippen LogP contribution in [0.4, 0.5) is 13.2 Å². The Kier molecular flexibility index (Phi) is 7.63. The molecule has 4 aromatic rings. The van der Waals surface area contributed by atoms with Gasteiger partial charge in [-0.05, 0) is 72.3 Å². The molecular weight excluding hydrogens is 487 g/mol. The Morgan fingerprint density at radius 3 is 2.55 bits per heavy atom. The number of imidazole rings is 1. The molecule has 0 radical (unpaired) electrons. The van der Waals surface area contributed by atoms with Gasteiger partial charge in [0.2, 0.25) is 0 Å². The molecule has 0 aliphatic carbocycles. The van der Waals surface area contributed by atoms with Crippen LogP contribution in [0.15, 0.2) is 73.6 Å². The van der Waals surface area contributed by atoms with Crippen LogP contribution >= 0.6 is 0 Å². The van der Waals surface area contributed by atoms with Crippen molar-refractivity contribution in [3.05, 3.63) is 107 Å². The lowest BCUT2D eigenvalue weighted by Crippen LogP contribution is -2.44. The third-order valence-electron chi connectivity index (χ3n) is 7.24. The summed E-state index contributed by atoms with van der Waals surface area (Å²) < 4.78 is 43.8. The highest BCUT2D eigenvalue weighted by molar-refractivity contribution is 5.66. The van der Waals surface area contributed by atoms with Crippen molar-refractivity contribution in [3.8, 4) is 0 Å². The van der Waals surface area contributed by atoms with Crippen LogP contribution in [0.2, 0.25) is 0 Å². The second-order valence-electron chi connectivity index (χ2n) is 10.1. The highest BCUT2D eigenvalue weighted by Crippen LogP contribution is 2.34. The van der Waals surface area contributed by atoms with Gasteiger partial charge in [0.25, 0.3) is 0 Å². The number of likely N-dealkylation sites (N-methyl/N-ethyl adjacent to an activating group) is 1. The van der Waals surface area contributed by atoms with E-state index >= 15 is 0 Å². The SMILES string of the molecule is C=C(Cc1ccc(CN2CCN(C)CC2)c(C(F)(F)F)c1)c1cccc(CCc2cnc3cccnn23)c1. The third-order valence-corrected chi connectivity index (χ3v) is 7.24. The van der Waals surface area contributed by atoms with Gasteiger partial charge in [-0.2, -0.15) is 18.3 Å². The lowest BCUT2D eigenvalue weighted by molar-refractivity contribution is -0.138. The summed E-state index contributed by atoms with van der Waals surface area (Å²) in [7, 11) is 2.04. The molecule has 0 spiro atoms. The Hall–Kier alpha value is -3.49. The van der Waals surface area contributed by atoms with E-state index in [4.69, 9.17) is 0 Å². The molecule has 2 aromatic heterocycles. The third kappa shape index (κ3) is 6.14. The molecule has 0 bridgehead atoms. The first-order valence-corrected chi connectivity index (χ1v) is 12.9. The van der Waals surface area contributed by atoms with E-state index in [2.05, 4.69) is 38.6 Å². The summed E-state index contributed by atoms with van der Waals surface area (Å²) in [6, 6.07) is 16.6. The second kappa shape index (κ2) is 11.1. The maximum atomic E-state index is 14.0. The zero-order valence-corrected chi connectivity index (χ0v) is 21.6. The molecule has 0 atom stereocenters. The Balaban J connectivity index is 1.27. The fraction of sp³-hybridized carbons (Fsp3) is 0.333. The van der Waals surface area contributed by atoms with Crippen molar-refractivity contribution >= 4 is 11.2 Å². The van der Waals surface area contributed by atoms with Gasteiger partial charge in [-0.25, -0.2) is 9.50 Å². The lowest BCUT2D eigenvalue weighted by Gasteiger charge is -2.33.